The minimum atomic E-state index is -3.86. The number of nitrogens with zero attached hydrogens (tertiary/aromatic N) is 1. The van der Waals surface area contributed by atoms with Crippen LogP contribution in [0.4, 0.5) is 10.1 Å². The molecule has 140 valence electrons. The van der Waals surface area contributed by atoms with Gasteiger partial charge in [-0.1, -0.05) is 29.8 Å². The van der Waals surface area contributed by atoms with Crippen LogP contribution in [-0.2, 0) is 16.6 Å². The molecule has 0 amide bonds. The molecule has 4 nitrogen and oxygen atoms in total. The summed E-state index contributed by atoms with van der Waals surface area (Å²) >= 11 is 0. The number of sulfonamides is 1. The highest BCUT2D eigenvalue weighted by molar-refractivity contribution is 7.92. The molecule has 0 saturated carbocycles. The van der Waals surface area contributed by atoms with Gasteiger partial charge in [0.25, 0.3) is 10.0 Å². The molecular formula is C21H20FNO3S. The Kier molecular flexibility index (Phi) is 5.46. The lowest BCUT2D eigenvalue weighted by Gasteiger charge is -2.25. The lowest BCUT2D eigenvalue weighted by atomic mass is 10.2. The van der Waals surface area contributed by atoms with Crippen LogP contribution < -0.4 is 9.04 Å². The van der Waals surface area contributed by atoms with E-state index in [1.165, 1.54) is 16.4 Å². The Morgan fingerprint density at radius 2 is 1.48 bits per heavy atom. The van der Waals surface area contributed by atoms with Crippen LogP contribution in [0, 0.1) is 12.7 Å². The molecule has 0 radical (unpaired) electrons. The van der Waals surface area contributed by atoms with Crippen molar-refractivity contribution in [3.05, 3.63) is 89.7 Å². The minimum Gasteiger partial charge on any atom is -0.497 e. The zero-order valence-electron chi connectivity index (χ0n) is 15.1. The highest BCUT2D eigenvalue weighted by Gasteiger charge is 2.25. The first-order valence-electron chi connectivity index (χ1n) is 8.38. The summed E-state index contributed by atoms with van der Waals surface area (Å²) < 4.78 is 46.2. The van der Waals surface area contributed by atoms with Crippen molar-refractivity contribution in [1.82, 2.24) is 0 Å². The summed E-state index contributed by atoms with van der Waals surface area (Å²) in [4.78, 5) is 0.0398. The molecule has 3 aromatic rings. The number of hydrogen-bond donors (Lipinski definition) is 0. The molecule has 0 fully saturated rings. The van der Waals surface area contributed by atoms with E-state index in [0.29, 0.717) is 11.4 Å². The molecule has 0 aliphatic carbocycles. The van der Waals surface area contributed by atoms with E-state index in [9.17, 15) is 12.8 Å². The number of ether oxygens (including phenoxy) is 1. The van der Waals surface area contributed by atoms with Crippen LogP contribution in [0.15, 0.2) is 77.7 Å². The monoisotopic (exact) mass is 385 g/mol. The van der Waals surface area contributed by atoms with Crippen LogP contribution in [0.3, 0.4) is 0 Å². The SMILES string of the molecule is COc1ccc(CN(c2ccc(C)cc2)S(=O)(=O)c2ccc(F)cc2)cc1. The quantitative estimate of drug-likeness (QED) is 0.626. The summed E-state index contributed by atoms with van der Waals surface area (Å²) in [7, 11) is -2.29. The minimum absolute atomic E-state index is 0.0398. The predicted molar refractivity (Wildman–Crippen MR) is 104 cm³/mol. The highest BCUT2D eigenvalue weighted by atomic mass is 32.2. The molecule has 0 aliphatic heterocycles. The van der Waals surface area contributed by atoms with Gasteiger partial charge in [-0.2, -0.15) is 0 Å². The van der Waals surface area contributed by atoms with E-state index < -0.39 is 15.8 Å². The Balaban J connectivity index is 2.03. The molecule has 6 heteroatoms. The van der Waals surface area contributed by atoms with Gasteiger partial charge in [0, 0.05) is 0 Å². The van der Waals surface area contributed by atoms with Crippen molar-refractivity contribution in [2.75, 3.05) is 11.4 Å². The number of anilines is 1. The van der Waals surface area contributed by atoms with E-state index >= 15 is 0 Å². The maximum absolute atomic E-state index is 13.2. The topological polar surface area (TPSA) is 46.6 Å². The maximum atomic E-state index is 13.2. The molecule has 0 atom stereocenters. The summed E-state index contributed by atoms with van der Waals surface area (Å²) in [5.74, 6) is 0.216. The van der Waals surface area contributed by atoms with Crippen LogP contribution in [-0.4, -0.2) is 15.5 Å². The first-order valence-corrected chi connectivity index (χ1v) is 9.82. The average molecular weight is 385 g/mol. The lowest BCUT2D eigenvalue weighted by Crippen LogP contribution is -2.30. The molecule has 0 N–H and O–H groups in total. The molecule has 0 spiro atoms. The number of aryl methyl sites for hydroxylation is 1. The third-order valence-electron chi connectivity index (χ3n) is 4.21. The Labute approximate surface area is 158 Å². The summed E-state index contributed by atoms with van der Waals surface area (Å²) in [6.45, 7) is 2.08. The van der Waals surface area contributed by atoms with Crippen LogP contribution in [0.2, 0.25) is 0 Å². The second-order valence-electron chi connectivity index (χ2n) is 6.15. The van der Waals surface area contributed by atoms with E-state index in [2.05, 4.69) is 0 Å². The Morgan fingerprint density at radius 1 is 0.889 bits per heavy atom. The zero-order chi connectivity index (χ0) is 19.4. The van der Waals surface area contributed by atoms with Crippen molar-refractivity contribution < 1.29 is 17.5 Å². The van der Waals surface area contributed by atoms with Gasteiger partial charge >= 0.3 is 0 Å². The van der Waals surface area contributed by atoms with Gasteiger partial charge in [0.15, 0.2) is 0 Å². The Bertz CT molecular complexity index is 999. The van der Waals surface area contributed by atoms with Gasteiger partial charge in [-0.15, -0.1) is 0 Å². The van der Waals surface area contributed by atoms with Crippen molar-refractivity contribution in [3.8, 4) is 5.75 Å². The van der Waals surface area contributed by atoms with Gasteiger partial charge in [-0.05, 0) is 61.0 Å². The average Bonchev–Trinajstić information content (AvgIpc) is 2.68. The second-order valence-corrected chi connectivity index (χ2v) is 8.01. The van der Waals surface area contributed by atoms with E-state index in [-0.39, 0.29) is 11.4 Å². The lowest BCUT2D eigenvalue weighted by molar-refractivity contribution is 0.414. The third-order valence-corrected chi connectivity index (χ3v) is 6.00. The first kappa shape index (κ1) is 18.9. The fourth-order valence-electron chi connectivity index (χ4n) is 2.66. The van der Waals surface area contributed by atoms with Crippen LogP contribution >= 0.6 is 0 Å². The van der Waals surface area contributed by atoms with Crippen molar-refractivity contribution >= 4 is 15.7 Å². The zero-order valence-corrected chi connectivity index (χ0v) is 15.9. The summed E-state index contributed by atoms with van der Waals surface area (Å²) in [6, 6.07) is 19.3. The van der Waals surface area contributed by atoms with Gasteiger partial charge in [0.2, 0.25) is 0 Å². The third kappa shape index (κ3) is 4.28. The summed E-state index contributed by atoms with van der Waals surface area (Å²) in [5, 5.41) is 0. The van der Waals surface area contributed by atoms with Crippen LogP contribution in [0.25, 0.3) is 0 Å². The number of hydrogen-bond acceptors (Lipinski definition) is 3. The maximum Gasteiger partial charge on any atom is 0.264 e. The molecule has 3 rings (SSSR count). The van der Waals surface area contributed by atoms with Crippen molar-refractivity contribution in [3.63, 3.8) is 0 Å². The molecule has 0 aromatic heterocycles. The molecule has 0 heterocycles. The smallest absolute Gasteiger partial charge is 0.264 e. The molecule has 27 heavy (non-hydrogen) atoms. The van der Waals surface area contributed by atoms with E-state index in [4.69, 9.17) is 4.74 Å². The van der Waals surface area contributed by atoms with Crippen LogP contribution in [0.1, 0.15) is 11.1 Å². The van der Waals surface area contributed by atoms with Gasteiger partial charge < -0.3 is 4.74 Å². The molecule has 0 unspecified atom stereocenters. The molecule has 0 bridgehead atoms. The van der Waals surface area contributed by atoms with Gasteiger partial charge in [-0.3, -0.25) is 4.31 Å². The largest absolute Gasteiger partial charge is 0.497 e. The van der Waals surface area contributed by atoms with Gasteiger partial charge in [0.1, 0.15) is 11.6 Å². The number of benzene rings is 3. The van der Waals surface area contributed by atoms with E-state index in [1.807, 2.05) is 31.2 Å². The molecule has 0 saturated heterocycles. The number of methoxy groups -OCH3 is 1. The number of halogens is 1. The summed E-state index contributed by atoms with van der Waals surface area (Å²) in [6.07, 6.45) is 0. The van der Waals surface area contributed by atoms with Crippen molar-refractivity contribution in [2.24, 2.45) is 0 Å². The summed E-state index contributed by atoms with van der Waals surface area (Å²) in [5.41, 5.74) is 2.38. The van der Waals surface area contributed by atoms with Crippen LogP contribution in [0.5, 0.6) is 5.75 Å². The van der Waals surface area contributed by atoms with E-state index in [0.717, 1.165) is 23.3 Å². The predicted octanol–water partition coefficient (Wildman–Crippen LogP) is 4.54. The van der Waals surface area contributed by atoms with Crippen molar-refractivity contribution in [1.29, 1.82) is 0 Å². The fraction of sp³-hybridized carbons (Fsp3) is 0.143. The van der Waals surface area contributed by atoms with Gasteiger partial charge in [-0.25, -0.2) is 12.8 Å². The molecular weight excluding hydrogens is 365 g/mol. The second kappa shape index (κ2) is 7.80. The normalized spacial score (nSPS) is 11.2. The van der Waals surface area contributed by atoms with Crippen molar-refractivity contribution in [2.45, 2.75) is 18.4 Å². The Morgan fingerprint density at radius 3 is 2.04 bits per heavy atom. The Hall–Kier alpha value is -2.86. The highest BCUT2D eigenvalue weighted by Crippen LogP contribution is 2.27. The molecule has 0 aliphatic rings. The standard InChI is InChI=1S/C21H20FNO3S/c1-16-3-9-19(10-4-16)23(15-17-5-11-20(26-2)12-6-17)27(24,25)21-13-7-18(22)8-14-21/h3-14H,15H2,1-2H3. The van der Waals surface area contributed by atoms with Gasteiger partial charge in [0.05, 0.1) is 24.2 Å². The number of rotatable bonds is 6. The van der Waals surface area contributed by atoms with E-state index in [1.54, 1.807) is 31.4 Å². The first-order chi connectivity index (χ1) is 12.9. The fourth-order valence-corrected chi connectivity index (χ4v) is 4.11. The molecule has 3 aromatic carbocycles.